The van der Waals surface area contributed by atoms with Gasteiger partial charge in [0.25, 0.3) is 0 Å². The first-order valence-corrected chi connectivity index (χ1v) is 8.68. The van der Waals surface area contributed by atoms with Crippen LogP contribution in [-0.2, 0) is 0 Å². The van der Waals surface area contributed by atoms with E-state index in [2.05, 4.69) is 11.1 Å². The van der Waals surface area contributed by atoms with Crippen LogP contribution in [0.1, 0.15) is 5.56 Å². The molecule has 0 aliphatic carbocycles. The Labute approximate surface area is 145 Å². The standard InChI is InChI=1S/C20H16N2OS/c1-23-16-10-8-14(9-11-16)17-12-19(15-6-4-3-5-7-15)22-20(24-2)18(17)13-21/h3-12H,1-2H3. The zero-order chi connectivity index (χ0) is 16.9. The summed E-state index contributed by atoms with van der Waals surface area (Å²) in [7, 11) is 1.64. The Balaban J connectivity index is 2.21. The minimum atomic E-state index is 0.604. The zero-order valence-corrected chi connectivity index (χ0v) is 14.3. The van der Waals surface area contributed by atoms with Crippen LogP contribution in [0, 0.1) is 11.3 Å². The van der Waals surface area contributed by atoms with Gasteiger partial charge in [-0.25, -0.2) is 4.98 Å². The van der Waals surface area contributed by atoms with Crippen molar-refractivity contribution in [3.63, 3.8) is 0 Å². The number of hydrogen-bond donors (Lipinski definition) is 0. The number of methoxy groups -OCH3 is 1. The Hall–Kier alpha value is -2.77. The zero-order valence-electron chi connectivity index (χ0n) is 13.5. The lowest BCUT2D eigenvalue weighted by Crippen LogP contribution is -1.95. The van der Waals surface area contributed by atoms with Crippen molar-refractivity contribution in [2.24, 2.45) is 0 Å². The van der Waals surface area contributed by atoms with E-state index < -0.39 is 0 Å². The molecule has 0 aliphatic rings. The van der Waals surface area contributed by atoms with Crippen LogP contribution < -0.4 is 4.74 Å². The molecule has 0 spiro atoms. The molecule has 3 rings (SSSR count). The third-order valence-corrected chi connectivity index (χ3v) is 4.44. The normalized spacial score (nSPS) is 10.2. The van der Waals surface area contributed by atoms with Crippen molar-refractivity contribution in [2.75, 3.05) is 13.4 Å². The molecule has 118 valence electrons. The quantitative estimate of drug-likeness (QED) is 0.630. The van der Waals surface area contributed by atoms with Gasteiger partial charge in [-0.1, -0.05) is 42.5 Å². The fourth-order valence-corrected chi connectivity index (χ4v) is 3.08. The molecule has 1 heterocycles. The number of nitrogens with zero attached hydrogens (tertiary/aromatic N) is 2. The number of pyridine rings is 1. The Morgan fingerprint density at radius 2 is 1.71 bits per heavy atom. The maximum Gasteiger partial charge on any atom is 0.118 e. The summed E-state index contributed by atoms with van der Waals surface area (Å²) in [6.07, 6.45) is 1.94. The molecule has 0 atom stereocenters. The predicted octanol–water partition coefficient (Wildman–Crippen LogP) is 5.02. The molecule has 24 heavy (non-hydrogen) atoms. The molecule has 0 aliphatic heterocycles. The van der Waals surface area contributed by atoms with Crippen LogP contribution in [0.25, 0.3) is 22.4 Å². The van der Waals surface area contributed by atoms with Gasteiger partial charge in [0.05, 0.1) is 18.4 Å². The summed E-state index contributed by atoms with van der Waals surface area (Å²) in [4.78, 5) is 4.67. The van der Waals surface area contributed by atoms with Gasteiger partial charge >= 0.3 is 0 Å². The van der Waals surface area contributed by atoms with Crippen LogP contribution in [0.5, 0.6) is 5.75 Å². The van der Waals surface area contributed by atoms with Gasteiger partial charge in [0.15, 0.2) is 0 Å². The molecule has 1 aromatic heterocycles. The van der Waals surface area contributed by atoms with E-state index in [4.69, 9.17) is 4.74 Å². The molecule has 0 saturated carbocycles. The van der Waals surface area contributed by atoms with E-state index in [0.29, 0.717) is 5.56 Å². The molecule has 0 N–H and O–H groups in total. The van der Waals surface area contributed by atoms with E-state index in [0.717, 1.165) is 33.2 Å². The van der Waals surface area contributed by atoms with Crippen LogP contribution in [0.3, 0.4) is 0 Å². The van der Waals surface area contributed by atoms with Gasteiger partial charge in [-0.05, 0) is 30.0 Å². The summed E-state index contributed by atoms with van der Waals surface area (Å²) in [6.45, 7) is 0. The molecule has 0 unspecified atom stereocenters. The van der Waals surface area contributed by atoms with E-state index in [1.54, 1.807) is 7.11 Å². The van der Waals surface area contributed by atoms with Crippen LogP contribution in [-0.4, -0.2) is 18.3 Å². The van der Waals surface area contributed by atoms with Crippen LogP contribution in [0.2, 0.25) is 0 Å². The third-order valence-electron chi connectivity index (χ3n) is 3.76. The van der Waals surface area contributed by atoms with Gasteiger partial charge in [-0.3, -0.25) is 0 Å². The van der Waals surface area contributed by atoms with Crippen LogP contribution >= 0.6 is 11.8 Å². The first kappa shape index (κ1) is 16.1. The van der Waals surface area contributed by atoms with Gasteiger partial charge in [0, 0.05) is 11.1 Å². The number of hydrogen-bond acceptors (Lipinski definition) is 4. The molecule has 0 fully saturated rings. The average Bonchev–Trinajstić information content (AvgIpc) is 2.67. The van der Waals surface area contributed by atoms with Crippen molar-refractivity contribution in [1.82, 2.24) is 4.98 Å². The van der Waals surface area contributed by atoms with Gasteiger partial charge in [-0.15, -0.1) is 11.8 Å². The summed E-state index contributed by atoms with van der Waals surface area (Å²) in [5.74, 6) is 0.791. The first-order valence-electron chi connectivity index (χ1n) is 7.45. The monoisotopic (exact) mass is 332 g/mol. The second kappa shape index (κ2) is 7.20. The summed E-state index contributed by atoms with van der Waals surface area (Å²) in [5, 5.41) is 10.4. The van der Waals surface area contributed by atoms with Gasteiger partial charge in [0.1, 0.15) is 16.8 Å². The Morgan fingerprint density at radius 3 is 2.29 bits per heavy atom. The maximum atomic E-state index is 9.63. The van der Waals surface area contributed by atoms with E-state index in [1.165, 1.54) is 11.8 Å². The van der Waals surface area contributed by atoms with E-state index in [1.807, 2.05) is 66.9 Å². The highest BCUT2D eigenvalue weighted by atomic mass is 32.2. The van der Waals surface area contributed by atoms with Crippen molar-refractivity contribution < 1.29 is 4.74 Å². The number of benzene rings is 2. The minimum Gasteiger partial charge on any atom is -0.497 e. The molecule has 4 heteroatoms. The minimum absolute atomic E-state index is 0.604. The Bertz CT molecular complexity index is 884. The molecule has 0 amide bonds. The van der Waals surface area contributed by atoms with E-state index in [9.17, 15) is 5.26 Å². The lowest BCUT2D eigenvalue weighted by atomic mass is 9.99. The lowest BCUT2D eigenvalue weighted by molar-refractivity contribution is 0.415. The summed E-state index contributed by atoms with van der Waals surface area (Å²) in [6, 6.07) is 22.0. The van der Waals surface area contributed by atoms with Crippen LogP contribution in [0.4, 0.5) is 0 Å². The molecule has 0 saturated heterocycles. The number of thioether (sulfide) groups is 1. The highest BCUT2D eigenvalue weighted by molar-refractivity contribution is 7.98. The Kier molecular flexibility index (Phi) is 4.83. The van der Waals surface area contributed by atoms with Crippen molar-refractivity contribution in [3.8, 4) is 34.2 Å². The molecular formula is C20H16N2OS. The first-order chi connectivity index (χ1) is 11.8. The molecule has 3 nitrogen and oxygen atoms in total. The maximum absolute atomic E-state index is 9.63. The molecule has 0 radical (unpaired) electrons. The van der Waals surface area contributed by atoms with Crippen LogP contribution in [0.15, 0.2) is 65.7 Å². The fourth-order valence-electron chi connectivity index (χ4n) is 2.53. The summed E-state index contributed by atoms with van der Waals surface area (Å²) in [5.41, 5.74) is 4.37. The second-order valence-corrected chi connectivity index (χ2v) is 5.94. The van der Waals surface area contributed by atoms with Gasteiger partial charge in [-0.2, -0.15) is 5.26 Å². The predicted molar refractivity (Wildman–Crippen MR) is 98.2 cm³/mol. The van der Waals surface area contributed by atoms with Crippen molar-refractivity contribution in [1.29, 1.82) is 5.26 Å². The largest absolute Gasteiger partial charge is 0.497 e. The number of ether oxygens (including phenoxy) is 1. The Morgan fingerprint density at radius 1 is 1.00 bits per heavy atom. The van der Waals surface area contributed by atoms with Gasteiger partial charge in [0.2, 0.25) is 0 Å². The average molecular weight is 332 g/mol. The van der Waals surface area contributed by atoms with Crippen molar-refractivity contribution in [3.05, 3.63) is 66.2 Å². The smallest absolute Gasteiger partial charge is 0.118 e. The van der Waals surface area contributed by atoms with E-state index in [-0.39, 0.29) is 0 Å². The second-order valence-electron chi connectivity index (χ2n) is 5.15. The van der Waals surface area contributed by atoms with Crippen molar-refractivity contribution >= 4 is 11.8 Å². The number of aromatic nitrogens is 1. The molecule has 3 aromatic rings. The summed E-state index contributed by atoms with van der Waals surface area (Å²) < 4.78 is 5.22. The highest BCUT2D eigenvalue weighted by Crippen LogP contribution is 2.33. The fraction of sp³-hybridized carbons (Fsp3) is 0.100. The van der Waals surface area contributed by atoms with Gasteiger partial charge < -0.3 is 4.74 Å². The topological polar surface area (TPSA) is 45.9 Å². The summed E-state index contributed by atoms with van der Waals surface area (Å²) >= 11 is 1.49. The highest BCUT2D eigenvalue weighted by Gasteiger charge is 2.14. The molecular weight excluding hydrogens is 316 g/mol. The van der Waals surface area contributed by atoms with E-state index >= 15 is 0 Å². The lowest BCUT2D eigenvalue weighted by Gasteiger charge is -2.12. The molecule has 0 bridgehead atoms. The number of rotatable bonds is 4. The number of nitriles is 1. The molecule has 2 aromatic carbocycles. The third kappa shape index (κ3) is 3.12. The SMILES string of the molecule is COc1ccc(-c2cc(-c3ccccc3)nc(SC)c2C#N)cc1. The van der Waals surface area contributed by atoms with Crippen molar-refractivity contribution in [2.45, 2.75) is 5.03 Å².